The molecule has 0 atom stereocenters. The molecule has 1 aliphatic rings. The molecule has 9 heteroatoms. The van der Waals surface area contributed by atoms with Gasteiger partial charge in [-0.25, -0.2) is 4.79 Å². The predicted molar refractivity (Wildman–Crippen MR) is 154 cm³/mol. The van der Waals surface area contributed by atoms with Crippen LogP contribution in [0.2, 0.25) is 5.02 Å². The lowest BCUT2D eigenvalue weighted by Gasteiger charge is -2.36. The smallest absolute Gasteiger partial charge is 0.320 e. The van der Waals surface area contributed by atoms with E-state index in [1.165, 1.54) is 0 Å². The number of ether oxygens (including phenoxy) is 2. The van der Waals surface area contributed by atoms with Gasteiger partial charge in [0.15, 0.2) is 11.5 Å². The number of carbonyl (C=O) groups is 2. The van der Waals surface area contributed by atoms with Gasteiger partial charge in [-0.1, -0.05) is 49.6 Å². The van der Waals surface area contributed by atoms with Crippen molar-refractivity contribution >= 4 is 34.4 Å². The second-order valence-electron chi connectivity index (χ2n) is 10.2. The van der Waals surface area contributed by atoms with Crippen molar-refractivity contribution in [2.24, 2.45) is 0 Å². The van der Waals surface area contributed by atoms with E-state index >= 15 is 0 Å². The summed E-state index contributed by atoms with van der Waals surface area (Å²) in [6.45, 7) is 5.34. The van der Waals surface area contributed by atoms with E-state index < -0.39 is 0 Å². The van der Waals surface area contributed by atoms with Gasteiger partial charge in [-0.15, -0.1) is 0 Å². The first kappa shape index (κ1) is 28.6. The van der Waals surface area contributed by atoms with Gasteiger partial charge in [-0.05, 0) is 42.2 Å². The van der Waals surface area contributed by atoms with Gasteiger partial charge < -0.3 is 28.7 Å². The maximum atomic E-state index is 13.5. The van der Waals surface area contributed by atoms with Crippen LogP contribution in [-0.2, 0) is 24.4 Å². The molecule has 2 heterocycles. The van der Waals surface area contributed by atoms with Gasteiger partial charge >= 0.3 is 6.03 Å². The van der Waals surface area contributed by atoms with Crippen molar-refractivity contribution < 1.29 is 19.1 Å². The molecule has 0 N–H and O–H groups in total. The molecular formula is C30H39ClN4O4. The van der Waals surface area contributed by atoms with E-state index in [1.807, 2.05) is 50.8 Å². The second-order valence-corrected chi connectivity index (χ2v) is 10.6. The lowest BCUT2D eigenvalue weighted by atomic mass is 10.1. The van der Waals surface area contributed by atoms with Crippen LogP contribution in [0.25, 0.3) is 10.9 Å². The van der Waals surface area contributed by atoms with Crippen molar-refractivity contribution in [3.63, 3.8) is 0 Å². The molecule has 1 fully saturated rings. The second kappa shape index (κ2) is 13.1. The number of benzene rings is 2. The minimum atomic E-state index is -0.0103. The molecule has 3 aromatic rings. The zero-order chi connectivity index (χ0) is 27.9. The fourth-order valence-corrected chi connectivity index (χ4v) is 5.29. The summed E-state index contributed by atoms with van der Waals surface area (Å²) in [5.74, 6) is 1.40. The quantitative estimate of drug-likeness (QED) is 0.266. The number of fused-ring (bicyclic) bond motifs is 1. The van der Waals surface area contributed by atoms with Crippen LogP contribution in [0.3, 0.4) is 0 Å². The highest BCUT2D eigenvalue weighted by Crippen LogP contribution is 2.32. The molecule has 0 spiro atoms. The van der Waals surface area contributed by atoms with Crippen LogP contribution in [0.5, 0.6) is 11.5 Å². The largest absolute Gasteiger partial charge is 0.493 e. The maximum Gasteiger partial charge on any atom is 0.320 e. The lowest BCUT2D eigenvalue weighted by molar-refractivity contribution is -0.129. The van der Waals surface area contributed by atoms with Crippen LogP contribution in [0.1, 0.15) is 43.7 Å². The summed E-state index contributed by atoms with van der Waals surface area (Å²) >= 11 is 6.65. The van der Waals surface area contributed by atoms with Crippen LogP contribution in [0.4, 0.5) is 4.79 Å². The van der Waals surface area contributed by atoms with Gasteiger partial charge in [0, 0.05) is 51.9 Å². The van der Waals surface area contributed by atoms with Gasteiger partial charge in [0.1, 0.15) is 6.54 Å². The molecule has 2 aromatic carbocycles. The SMILES string of the molecule is CCCCCOc1cc(CN2CCCN(Cc3cccc4c3c(Cl)cn4CC(=O)N(C)C)C2=O)ccc1OC. The highest BCUT2D eigenvalue weighted by atomic mass is 35.5. The molecule has 3 amide bonds. The number of aromatic nitrogens is 1. The number of nitrogens with zero attached hydrogens (tertiary/aromatic N) is 4. The normalized spacial score (nSPS) is 13.7. The standard InChI is InChI=1S/C30H39ClN4O4/c1-5-6-7-16-39-27-17-22(12-13-26(27)38-4)18-33-14-9-15-34(30(33)37)19-23-10-8-11-25-29(23)24(31)20-35(25)21-28(36)32(2)3/h8,10-13,17,20H,5-7,9,14-16,18-19,21H2,1-4H3. The molecule has 1 aliphatic heterocycles. The van der Waals surface area contributed by atoms with Gasteiger partial charge in [0.25, 0.3) is 0 Å². The molecule has 4 rings (SSSR count). The molecule has 0 unspecified atom stereocenters. The van der Waals surface area contributed by atoms with Crippen LogP contribution in [-0.4, -0.2) is 72.1 Å². The Balaban J connectivity index is 1.48. The molecule has 39 heavy (non-hydrogen) atoms. The van der Waals surface area contributed by atoms with Crippen LogP contribution in [0, 0.1) is 0 Å². The number of hydrogen-bond donors (Lipinski definition) is 0. The Morgan fingerprint density at radius 1 is 1.05 bits per heavy atom. The maximum absolute atomic E-state index is 13.5. The highest BCUT2D eigenvalue weighted by molar-refractivity contribution is 6.36. The number of urea groups is 1. The first-order valence-electron chi connectivity index (χ1n) is 13.6. The Morgan fingerprint density at radius 2 is 1.82 bits per heavy atom. The number of likely N-dealkylation sites (N-methyl/N-ethyl adjacent to an activating group) is 1. The zero-order valence-electron chi connectivity index (χ0n) is 23.4. The summed E-state index contributed by atoms with van der Waals surface area (Å²) < 4.78 is 13.4. The van der Waals surface area contributed by atoms with E-state index in [9.17, 15) is 9.59 Å². The van der Waals surface area contributed by atoms with Crippen molar-refractivity contribution in [1.82, 2.24) is 19.3 Å². The minimum Gasteiger partial charge on any atom is -0.493 e. The minimum absolute atomic E-state index is 0.00201. The van der Waals surface area contributed by atoms with Crippen molar-refractivity contribution in [2.45, 2.75) is 52.2 Å². The average molecular weight is 555 g/mol. The van der Waals surface area contributed by atoms with Gasteiger partial charge in [0.05, 0.1) is 24.3 Å². The van der Waals surface area contributed by atoms with Gasteiger partial charge in [-0.3, -0.25) is 4.79 Å². The molecule has 8 nitrogen and oxygen atoms in total. The monoisotopic (exact) mass is 554 g/mol. The lowest BCUT2D eigenvalue weighted by Crippen LogP contribution is -2.48. The zero-order valence-corrected chi connectivity index (χ0v) is 24.2. The Kier molecular flexibility index (Phi) is 9.62. The molecule has 1 aromatic heterocycles. The number of rotatable bonds is 12. The first-order chi connectivity index (χ1) is 18.8. The Labute approximate surface area is 236 Å². The van der Waals surface area contributed by atoms with E-state index in [1.54, 1.807) is 32.3 Å². The summed E-state index contributed by atoms with van der Waals surface area (Å²) in [5, 5.41) is 1.47. The number of hydrogen-bond acceptors (Lipinski definition) is 4. The number of carbonyl (C=O) groups excluding carboxylic acids is 2. The summed E-state index contributed by atoms with van der Waals surface area (Å²) in [6, 6.07) is 11.8. The summed E-state index contributed by atoms with van der Waals surface area (Å²) in [6.07, 6.45) is 5.93. The third-order valence-corrected chi connectivity index (χ3v) is 7.40. The molecular weight excluding hydrogens is 516 g/mol. The van der Waals surface area contributed by atoms with E-state index in [0.29, 0.717) is 49.3 Å². The predicted octanol–water partition coefficient (Wildman–Crippen LogP) is 5.79. The van der Waals surface area contributed by atoms with Crippen LogP contribution in [0.15, 0.2) is 42.6 Å². The summed E-state index contributed by atoms with van der Waals surface area (Å²) in [4.78, 5) is 31.2. The molecule has 1 saturated heterocycles. The van der Waals surface area contributed by atoms with Crippen molar-refractivity contribution in [1.29, 1.82) is 0 Å². The van der Waals surface area contributed by atoms with Crippen molar-refractivity contribution in [3.8, 4) is 11.5 Å². The number of methoxy groups -OCH3 is 1. The molecule has 0 radical (unpaired) electrons. The van der Waals surface area contributed by atoms with E-state index in [-0.39, 0.29) is 18.5 Å². The molecule has 0 bridgehead atoms. The van der Waals surface area contributed by atoms with Crippen molar-refractivity contribution in [2.75, 3.05) is 40.9 Å². The summed E-state index contributed by atoms with van der Waals surface area (Å²) in [7, 11) is 5.12. The van der Waals surface area contributed by atoms with Crippen LogP contribution < -0.4 is 9.47 Å². The topological polar surface area (TPSA) is 67.2 Å². The van der Waals surface area contributed by atoms with E-state index in [0.717, 1.165) is 47.7 Å². The third-order valence-electron chi connectivity index (χ3n) is 7.12. The van der Waals surface area contributed by atoms with Crippen molar-refractivity contribution in [3.05, 3.63) is 58.7 Å². The molecule has 0 aliphatic carbocycles. The summed E-state index contributed by atoms with van der Waals surface area (Å²) in [5.41, 5.74) is 2.86. The Bertz CT molecular complexity index is 1310. The fraction of sp³-hybridized carbons (Fsp3) is 0.467. The third kappa shape index (κ3) is 6.79. The van der Waals surface area contributed by atoms with Crippen LogP contribution >= 0.6 is 11.6 Å². The molecule has 0 saturated carbocycles. The Hall–Kier alpha value is -3.39. The number of unbranched alkanes of at least 4 members (excludes halogenated alkanes) is 2. The number of amides is 3. The van der Waals surface area contributed by atoms with E-state index in [2.05, 4.69) is 6.92 Å². The molecule has 210 valence electrons. The fourth-order valence-electron chi connectivity index (χ4n) is 4.95. The first-order valence-corrected chi connectivity index (χ1v) is 14.0. The highest BCUT2D eigenvalue weighted by Gasteiger charge is 2.27. The van der Waals surface area contributed by atoms with Gasteiger partial charge in [0.2, 0.25) is 5.91 Å². The average Bonchev–Trinajstić information content (AvgIpc) is 3.24. The van der Waals surface area contributed by atoms with Gasteiger partial charge in [-0.2, -0.15) is 0 Å². The Morgan fingerprint density at radius 3 is 2.54 bits per heavy atom. The van der Waals surface area contributed by atoms with E-state index in [4.69, 9.17) is 21.1 Å². The number of halogens is 1.